The molecule has 0 aliphatic heterocycles. The molecule has 0 aliphatic carbocycles. The van der Waals surface area contributed by atoms with Gasteiger partial charge in [0.25, 0.3) is 5.91 Å². The second-order valence-corrected chi connectivity index (χ2v) is 6.17. The molecular formula is C16H17N3O4S. The minimum atomic E-state index is -1.44. The molecule has 0 bridgehead atoms. The third kappa shape index (κ3) is 2.93. The molecule has 3 aromatic heterocycles. The molecule has 1 atom stereocenters. The summed E-state index contributed by atoms with van der Waals surface area (Å²) in [6, 6.07) is 7.00. The lowest BCUT2D eigenvalue weighted by molar-refractivity contribution is 0.0553. The van der Waals surface area contributed by atoms with E-state index in [1.165, 1.54) is 29.4 Å². The largest absolute Gasteiger partial charge is 0.479 e. The van der Waals surface area contributed by atoms with E-state index in [2.05, 4.69) is 10.4 Å². The maximum Gasteiger partial charge on any atom is 0.258 e. The summed E-state index contributed by atoms with van der Waals surface area (Å²) in [6.07, 6.45) is 3.05. The van der Waals surface area contributed by atoms with Crippen molar-refractivity contribution >= 4 is 17.2 Å². The van der Waals surface area contributed by atoms with Gasteiger partial charge in [-0.15, -0.1) is 16.4 Å². The summed E-state index contributed by atoms with van der Waals surface area (Å²) in [5.74, 6) is 0.206. The van der Waals surface area contributed by atoms with Gasteiger partial charge >= 0.3 is 0 Å². The molecule has 0 aliphatic rings. The molecule has 24 heavy (non-hydrogen) atoms. The number of aliphatic hydroxyl groups is 1. The molecule has 0 spiro atoms. The predicted octanol–water partition coefficient (Wildman–Crippen LogP) is 1.75. The summed E-state index contributed by atoms with van der Waals surface area (Å²) >= 11 is 1.38. The number of thiophene rings is 1. The molecule has 2 N–H and O–H groups in total. The van der Waals surface area contributed by atoms with Crippen molar-refractivity contribution in [3.8, 4) is 5.88 Å². The quantitative estimate of drug-likeness (QED) is 0.709. The van der Waals surface area contributed by atoms with Crippen LogP contribution in [0.3, 0.4) is 0 Å². The van der Waals surface area contributed by atoms with Gasteiger partial charge in [-0.1, -0.05) is 6.07 Å². The van der Waals surface area contributed by atoms with Crippen LogP contribution in [-0.2, 0) is 12.6 Å². The van der Waals surface area contributed by atoms with Crippen molar-refractivity contribution in [2.45, 2.75) is 5.60 Å². The van der Waals surface area contributed by atoms with Crippen LogP contribution in [0.2, 0.25) is 0 Å². The van der Waals surface area contributed by atoms with Crippen LogP contribution in [0.15, 0.2) is 46.5 Å². The van der Waals surface area contributed by atoms with Gasteiger partial charge in [0.15, 0.2) is 5.60 Å². The lowest BCUT2D eigenvalue weighted by Gasteiger charge is -2.25. The Morgan fingerprint density at radius 1 is 1.50 bits per heavy atom. The molecule has 3 heterocycles. The highest BCUT2D eigenvalue weighted by Gasteiger charge is 2.36. The molecule has 0 saturated carbocycles. The molecule has 1 amide bonds. The van der Waals surface area contributed by atoms with Crippen LogP contribution in [0.4, 0.5) is 0 Å². The van der Waals surface area contributed by atoms with E-state index in [1.54, 1.807) is 31.4 Å². The van der Waals surface area contributed by atoms with E-state index >= 15 is 0 Å². The van der Waals surface area contributed by atoms with E-state index in [0.29, 0.717) is 16.2 Å². The van der Waals surface area contributed by atoms with Crippen LogP contribution in [0.25, 0.3) is 0 Å². The topological polar surface area (TPSA) is 89.5 Å². The fourth-order valence-electron chi connectivity index (χ4n) is 2.40. The minimum absolute atomic E-state index is 0.0437. The molecule has 7 nitrogen and oxygen atoms in total. The van der Waals surface area contributed by atoms with Gasteiger partial charge in [0, 0.05) is 18.1 Å². The summed E-state index contributed by atoms with van der Waals surface area (Å²) < 4.78 is 12.0. The number of nitrogens with one attached hydrogen (secondary N) is 1. The molecule has 0 fully saturated rings. The lowest BCUT2D eigenvalue weighted by Crippen LogP contribution is -2.41. The average molecular weight is 347 g/mol. The SMILES string of the molecule is COc1nn(C)cc1C(=O)NCC(O)(c1ccco1)c1cccs1. The minimum Gasteiger partial charge on any atom is -0.479 e. The van der Waals surface area contributed by atoms with Crippen LogP contribution < -0.4 is 10.1 Å². The highest BCUT2D eigenvalue weighted by molar-refractivity contribution is 7.10. The molecule has 126 valence electrons. The second kappa shape index (κ2) is 6.50. The Labute approximate surface area is 142 Å². The number of nitrogens with zero attached hydrogens (tertiary/aromatic N) is 2. The van der Waals surface area contributed by atoms with Crippen molar-refractivity contribution in [3.63, 3.8) is 0 Å². The molecule has 3 rings (SSSR count). The number of carbonyl (C=O) groups is 1. The number of amides is 1. The van der Waals surface area contributed by atoms with E-state index in [4.69, 9.17) is 9.15 Å². The number of furan rings is 1. The van der Waals surface area contributed by atoms with Crippen LogP contribution in [0.1, 0.15) is 21.0 Å². The van der Waals surface area contributed by atoms with Crippen molar-refractivity contribution in [1.82, 2.24) is 15.1 Å². The number of hydrogen-bond donors (Lipinski definition) is 2. The first-order valence-electron chi connectivity index (χ1n) is 7.21. The van der Waals surface area contributed by atoms with E-state index in [9.17, 15) is 9.90 Å². The zero-order valence-electron chi connectivity index (χ0n) is 13.2. The smallest absolute Gasteiger partial charge is 0.258 e. The molecular weight excluding hydrogens is 330 g/mol. The maximum absolute atomic E-state index is 12.4. The van der Waals surface area contributed by atoms with Gasteiger partial charge in [-0.05, 0) is 23.6 Å². The molecule has 8 heteroatoms. The van der Waals surface area contributed by atoms with E-state index in [1.807, 2.05) is 11.4 Å². The third-order valence-corrected chi connectivity index (χ3v) is 4.62. The van der Waals surface area contributed by atoms with Crippen molar-refractivity contribution in [3.05, 3.63) is 58.3 Å². The number of aryl methyl sites for hydroxylation is 1. The summed E-state index contributed by atoms with van der Waals surface area (Å²) in [5, 5.41) is 19.7. The summed E-state index contributed by atoms with van der Waals surface area (Å²) in [5.41, 5.74) is -1.14. The average Bonchev–Trinajstić information content (AvgIpc) is 3.32. The molecule has 0 aromatic carbocycles. The normalized spacial score (nSPS) is 13.5. The maximum atomic E-state index is 12.4. The summed E-state index contributed by atoms with van der Waals surface area (Å²) in [7, 11) is 3.15. The third-order valence-electron chi connectivity index (χ3n) is 3.60. The Morgan fingerprint density at radius 3 is 2.96 bits per heavy atom. The monoisotopic (exact) mass is 347 g/mol. The number of aromatic nitrogens is 2. The van der Waals surface area contributed by atoms with Crippen molar-refractivity contribution < 1.29 is 19.1 Å². The first-order chi connectivity index (χ1) is 11.5. The van der Waals surface area contributed by atoms with E-state index < -0.39 is 5.60 Å². The van der Waals surface area contributed by atoms with Crippen molar-refractivity contribution in [2.24, 2.45) is 7.05 Å². The highest BCUT2D eigenvalue weighted by Crippen LogP contribution is 2.32. The van der Waals surface area contributed by atoms with Crippen LogP contribution in [-0.4, -0.2) is 34.4 Å². The fraction of sp³-hybridized carbons (Fsp3) is 0.250. The van der Waals surface area contributed by atoms with Gasteiger partial charge in [0.05, 0.1) is 19.9 Å². The zero-order chi connectivity index (χ0) is 17.2. The van der Waals surface area contributed by atoms with Crippen molar-refractivity contribution in [1.29, 1.82) is 0 Å². The number of ether oxygens (including phenoxy) is 1. The van der Waals surface area contributed by atoms with E-state index in [-0.39, 0.29) is 18.3 Å². The second-order valence-electron chi connectivity index (χ2n) is 5.22. The highest BCUT2D eigenvalue weighted by atomic mass is 32.1. The van der Waals surface area contributed by atoms with Gasteiger partial charge in [-0.2, -0.15) is 0 Å². The standard InChI is InChI=1S/C16H17N3O4S/c1-19-9-11(15(18-19)22-2)14(20)17-10-16(21,12-5-3-7-23-12)13-6-4-8-24-13/h3-9,21H,10H2,1-2H3,(H,17,20). The van der Waals surface area contributed by atoms with Crippen molar-refractivity contribution in [2.75, 3.05) is 13.7 Å². The summed E-state index contributed by atoms with van der Waals surface area (Å²) in [4.78, 5) is 13.1. The Morgan fingerprint density at radius 2 is 2.33 bits per heavy atom. The molecule has 0 saturated heterocycles. The number of methoxy groups -OCH3 is 1. The zero-order valence-corrected chi connectivity index (χ0v) is 14.0. The summed E-state index contributed by atoms with van der Waals surface area (Å²) in [6.45, 7) is -0.0437. The number of carbonyl (C=O) groups excluding carboxylic acids is 1. The van der Waals surface area contributed by atoms with Gasteiger partial charge in [-0.3, -0.25) is 9.48 Å². The molecule has 0 radical (unpaired) electrons. The Kier molecular flexibility index (Phi) is 4.41. The number of hydrogen-bond acceptors (Lipinski definition) is 6. The fourth-order valence-corrected chi connectivity index (χ4v) is 3.23. The van der Waals surface area contributed by atoms with Crippen LogP contribution >= 0.6 is 11.3 Å². The van der Waals surface area contributed by atoms with Crippen LogP contribution in [0, 0.1) is 0 Å². The van der Waals surface area contributed by atoms with Gasteiger partial charge < -0.3 is 19.6 Å². The number of rotatable bonds is 6. The Balaban J connectivity index is 1.83. The first-order valence-corrected chi connectivity index (χ1v) is 8.08. The first kappa shape index (κ1) is 16.3. The molecule has 3 aromatic rings. The lowest BCUT2D eigenvalue weighted by atomic mass is 9.98. The van der Waals surface area contributed by atoms with E-state index in [0.717, 1.165) is 0 Å². The Bertz CT molecular complexity index is 774. The Hall–Kier alpha value is -2.58. The van der Waals surface area contributed by atoms with Gasteiger partial charge in [-0.25, -0.2) is 0 Å². The molecule has 1 unspecified atom stereocenters. The van der Waals surface area contributed by atoms with Crippen LogP contribution in [0.5, 0.6) is 5.88 Å². The predicted molar refractivity (Wildman–Crippen MR) is 88.1 cm³/mol. The van der Waals surface area contributed by atoms with Gasteiger partial charge in [0.1, 0.15) is 11.3 Å². The van der Waals surface area contributed by atoms with Gasteiger partial charge in [0.2, 0.25) is 5.88 Å².